The van der Waals surface area contributed by atoms with Gasteiger partial charge in [0.05, 0.1) is 6.42 Å². The summed E-state index contributed by atoms with van der Waals surface area (Å²) in [5.41, 5.74) is 1.55. The van der Waals surface area contributed by atoms with Crippen molar-refractivity contribution in [2.75, 3.05) is 6.54 Å². The highest BCUT2D eigenvalue weighted by Gasteiger charge is 2.28. The number of carbonyl (C=O) groups is 2. The Kier molecular flexibility index (Phi) is 8.65. The summed E-state index contributed by atoms with van der Waals surface area (Å²) < 4.78 is 13.3. The fraction of sp³-hybridized carbons (Fsp3) is 0.391. The lowest BCUT2D eigenvalue weighted by molar-refractivity contribution is -0.141. The maximum atomic E-state index is 13.3. The van der Waals surface area contributed by atoms with E-state index in [0.29, 0.717) is 23.9 Å². The summed E-state index contributed by atoms with van der Waals surface area (Å²) in [6, 6.07) is 12.5. The summed E-state index contributed by atoms with van der Waals surface area (Å²) in [6.07, 6.45) is 0.613. The third kappa shape index (κ3) is 7.17. The normalized spacial score (nSPS) is 11.9. The van der Waals surface area contributed by atoms with Crippen LogP contribution < -0.4 is 5.32 Å². The van der Waals surface area contributed by atoms with Gasteiger partial charge in [-0.05, 0) is 47.7 Å². The molecule has 0 fully saturated rings. The van der Waals surface area contributed by atoms with Gasteiger partial charge in [-0.25, -0.2) is 4.39 Å². The van der Waals surface area contributed by atoms with Gasteiger partial charge in [0.2, 0.25) is 11.8 Å². The highest BCUT2D eigenvalue weighted by Crippen LogP contribution is 2.17. The molecule has 0 saturated carbocycles. The average Bonchev–Trinajstić information content (AvgIpc) is 2.67. The van der Waals surface area contributed by atoms with Crippen molar-refractivity contribution < 1.29 is 14.0 Å². The van der Waals surface area contributed by atoms with Crippen LogP contribution in [0.3, 0.4) is 0 Å². The van der Waals surface area contributed by atoms with Gasteiger partial charge in [-0.2, -0.15) is 0 Å². The molecule has 2 aromatic rings. The molecule has 0 radical (unpaired) electrons. The molecule has 0 aliphatic heterocycles. The fourth-order valence-corrected chi connectivity index (χ4v) is 3.26. The van der Waals surface area contributed by atoms with Crippen LogP contribution in [0.4, 0.5) is 4.39 Å². The lowest BCUT2D eigenvalue weighted by Gasteiger charge is -2.31. The number of hydrogen-bond acceptors (Lipinski definition) is 2. The smallest absolute Gasteiger partial charge is 0.242 e. The molecule has 2 aromatic carbocycles. The van der Waals surface area contributed by atoms with E-state index in [9.17, 15) is 14.0 Å². The summed E-state index contributed by atoms with van der Waals surface area (Å²) in [6.45, 7) is 6.68. The molecule has 29 heavy (non-hydrogen) atoms. The first-order valence-corrected chi connectivity index (χ1v) is 10.2. The SMILES string of the molecule is CC[C@@H](C(=O)NCC(C)C)N(Cc1ccc(F)cc1)C(=O)Cc1cccc(Cl)c1. The van der Waals surface area contributed by atoms with Gasteiger partial charge in [-0.1, -0.05) is 56.6 Å². The summed E-state index contributed by atoms with van der Waals surface area (Å²) in [5.74, 6) is -0.387. The van der Waals surface area contributed by atoms with Crippen LogP contribution in [0.5, 0.6) is 0 Å². The third-order valence-electron chi connectivity index (χ3n) is 4.58. The van der Waals surface area contributed by atoms with Crippen LogP contribution in [0.25, 0.3) is 0 Å². The summed E-state index contributed by atoms with van der Waals surface area (Å²) in [4.78, 5) is 27.5. The van der Waals surface area contributed by atoms with Crippen LogP contribution in [0.2, 0.25) is 5.02 Å². The van der Waals surface area contributed by atoms with Crippen molar-refractivity contribution in [3.05, 3.63) is 70.5 Å². The summed E-state index contributed by atoms with van der Waals surface area (Å²) in [7, 11) is 0. The Morgan fingerprint density at radius 2 is 1.79 bits per heavy atom. The second kappa shape index (κ2) is 11.0. The van der Waals surface area contributed by atoms with E-state index in [2.05, 4.69) is 5.32 Å². The monoisotopic (exact) mass is 418 g/mol. The van der Waals surface area contributed by atoms with E-state index < -0.39 is 6.04 Å². The minimum absolute atomic E-state index is 0.135. The van der Waals surface area contributed by atoms with Crippen molar-refractivity contribution in [1.29, 1.82) is 0 Å². The number of amides is 2. The van der Waals surface area contributed by atoms with Crippen LogP contribution in [0.15, 0.2) is 48.5 Å². The van der Waals surface area contributed by atoms with E-state index in [0.717, 1.165) is 11.1 Å². The maximum Gasteiger partial charge on any atom is 0.242 e. The molecule has 0 spiro atoms. The minimum Gasteiger partial charge on any atom is -0.354 e. The number of carbonyl (C=O) groups excluding carboxylic acids is 2. The summed E-state index contributed by atoms with van der Waals surface area (Å²) in [5, 5.41) is 3.48. The molecule has 6 heteroatoms. The molecule has 0 saturated heterocycles. The topological polar surface area (TPSA) is 49.4 Å². The Morgan fingerprint density at radius 3 is 2.38 bits per heavy atom. The first-order valence-electron chi connectivity index (χ1n) is 9.86. The van der Waals surface area contributed by atoms with Gasteiger partial charge in [-0.3, -0.25) is 9.59 Å². The largest absolute Gasteiger partial charge is 0.354 e. The van der Waals surface area contributed by atoms with Gasteiger partial charge in [0.1, 0.15) is 11.9 Å². The van der Waals surface area contributed by atoms with Crippen molar-refractivity contribution in [2.24, 2.45) is 5.92 Å². The molecule has 2 amide bonds. The highest BCUT2D eigenvalue weighted by atomic mass is 35.5. The van der Waals surface area contributed by atoms with Crippen molar-refractivity contribution >= 4 is 23.4 Å². The van der Waals surface area contributed by atoms with Gasteiger partial charge < -0.3 is 10.2 Å². The predicted molar refractivity (Wildman–Crippen MR) is 114 cm³/mol. The average molecular weight is 419 g/mol. The highest BCUT2D eigenvalue weighted by molar-refractivity contribution is 6.30. The molecular formula is C23H28ClFN2O2. The Labute approximate surface area is 177 Å². The van der Waals surface area contributed by atoms with Gasteiger partial charge in [-0.15, -0.1) is 0 Å². The van der Waals surface area contributed by atoms with Gasteiger partial charge in [0, 0.05) is 18.1 Å². The second-order valence-corrected chi connectivity index (χ2v) is 7.95. The molecule has 0 aromatic heterocycles. The van der Waals surface area contributed by atoms with Gasteiger partial charge in [0.25, 0.3) is 0 Å². The molecule has 0 unspecified atom stereocenters. The zero-order chi connectivity index (χ0) is 21.4. The van der Waals surface area contributed by atoms with E-state index in [1.165, 1.54) is 12.1 Å². The third-order valence-corrected chi connectivity index (χ3v) is 4.82. The number of hydrogen-bond donors (Lipinski definition) is 1. The Morgan fingerprint density at radius 1 is 1.10 bits per heavy atom. The van der Waals surface area contributed by atoms with Crippen LogP contribution in [-0.4, -0.2) is 29.3 Å². The molecule has 0 bridgehead atoms. The number of benzene rings is 2. The van der Waals surface area contributed by atoms with E-state index in [1.807, 2.05) is 26.8 Å². The van der Waals surface area contributed by atoms with Crippen LogP contribution in [0.1, 0.15) is 38.3 Å². The standard InChI is InChI=1S/C23H28ClFN2O2/c1-4-21(23(29)26-14-16(2)3)27(15-17-8-10-20(25)11-9-17)22(28)13-18-6-5-7-19(24)12-18/h5-12,16,21H,4,13-15H2,1-3H3,(H,26,29)/t21-/m0/s1. The molecular weight excluding hydrogens is 391 g/mol. The molecule has 156 valence electrons. The molecule has 0 heterocycles. The summed E-state index contributed by atoms with van der Waals surface area (Å²) >= 11 is 6.04. The van der Waals surface area contributed by atoms with Crippen molar-refractivity contribution in [3.63, 3.8) is 0 Å². The Bertz CT molecular complexity index is 824. The van der Waals surface area contributed by atoms with E-state index in [1.54, 1.807) is 35.2 Å². The van der Waals surface area contributed by atoms with Gasteiger partial charge >= 0.3 is 0 Å². The van der Waals surface area contributed by atoms with E-state index in [-0.39, 0.29) is 30.6 Å². The lowest BCUT2D eigenvalue weighted by atomic mass is 10.1. The Hall–Kier alpha value is -2.40. The lowest BCUT2D eigenvalue weighted by Crippen LogP contribution is -2.50. The fourth-order valence-electron chi connectivity index (χ4n) is 3.05. The van der Waals surface area contributed by atoms with Gasteiger partial charge in [0.15, 0.2) is 0 Å². The van der Waals surface area contributed by atoms with Crippen LogP contribution >= 0.6 is 11.6 Å². The van der Waals surface area contributed by atoms with Crippen molar-refractivity contribution in [1.82, 2.24) is 10.2 Å². The first-order chi connectivity index (χ1) is 13.8. The van der Waals surface area contributed by atoms with E-state index >= 15 is 0 Å². The zero-order valence-electron chi connectivity index (χ0n) is 17.1. The second-order valence-electron chi connectivity index (χ2n) is 7.52. The number of nitrogens with one attached hydrogen (secondary N) is 1. The zero-order valence-corrected chi connectivity index (χ0v) is 17.9. The number of halogens is 2. The maximum absolute atomic E-state index is 13.3. The quantitative estimate of drug-likeness (QED) is 0.646. The van der Waals surface area contributed by atoms with E-state index in [4.69, 9.17) is 11.6 Å². The molecule has 1 N–H and O–H groups in total. The van der Waals surface area contributed by atoms with Crippen LogP contribution in [-0.2, 0) is 22.6 Å². The molecule has 4 nitrogen and oxygen atoms in total. The molecule has 1 atom stereocenters. The molecule has 2 rings (SSSR count). The molecule has 0 aliphatic rings. The van der Waals surface area contributed by atoms with Crippen molar-refractivity contribution in [2.45, 2.75) is 46.2 Å². The van der Waals surface area contributed by atoms with Crippen LogP contribution in [0, 0.1) is 11.7 Å². The number of rotatable bonds is 9. The number of nitrogens with zero attached hydrogens (tertiary/aromatic N) is 1. The predicted octanol–water partition coefficient (Wildman–Crippen LogP) is 4.60. The Balaban J connectivity index is 2.25. The molecule has 0 aliphatic carbocycles. The minimum atomic E-state index is -0.606. The first kappa shape index (κ1) is 22.9. The van der Waals surface area contributed by atoms with Crippen molar-refractivity contribution in [3.8, 4) is 0 Å².